The summed E-state index contributed by atoms with van der Waals surface area (Å²) in [6.07, 6.45) is -7.50. The second-order valence-electron chi connectivity index (χ2n) is 11.5. The number of Topliss-reactive ketones (excluding diaryl/α,β-unsaturated/α-hetero) is 1. The zero-order chi connectivity index (χ0) is 28.4. The fourth-order valence-corrected chi connectivity index (χ4v) is 6.99. The van der Waals surface area contributed by atoms with Crippen LogP contribution in [0, 0.1) is 16.7 Å². The van der Waals surface area contributed by atoms with Crippen LogP contribution < -0.4 is 0 Å². The average molecular weight is 529 g/mol. The highest BCUT2D eigenvalue weighted by molar-refractivity contribution is 6.00. The molecule has 8 atom stereocenters. The topological polar surface area (TPSA) is 151 Å². The Morgan fingerprint density at radius 3 is 2.24 bits per heavy atom. The smallest absolute Gasteiger partial charge is 0.338 e. The van der Waals surface area contributed by atoms with Crippen LogP contribution in [0.4, 0.5) is 0 Å². The SMILES string of the molecule is C=C1[C@@H](O)C[C@H](O)[C@@]2(C)[C@@H](OC(=O)c3ccccc3)[C@H](O)C3=C(C)C(=O)C[C@@]3(C(C)(C)O)[C@@H](OC(C)=O)[C@H]12. The van der Waals surface area contributed by atoms with Crippen LogP contribution in [-0.2, 0) is 19.1 Å². The fraction of sp³-hybridized carbons (Fsp3) is 0.552. The molecular formula is C29H36O9. The molecule has 0 amide bonds. The molecule has 9 nitrogen and oxygen atoms in total. The van der Waals surface area contributed by atoms with Crippen LogP contribution in [0.3, 0.4) is 0 Å². The van der Waals surface area contributed by atoms with Gasteiger partial charge in [0.05, 0.1) is 28.8 Å². The number of benzene rings is 1. The third-order valence-electron chi connectivity index (χ3n) is 9.02. The summed E-state index contributed by atoms with van der Waals surface area (Å²) in [5.41, 5.74) is -4.34. The van der Waals surface area contributed by atoms with E-state index in [1.165, 1.54) is 39.8 Å². The number of ketones is 1. The van der Waals surface area contributed by atoms with E-state index in [9.17, 15) is 34.8 Å². The fourth-order valence-electron chi connectivity index (χ4n) is 6.99. The van der Waals surface area contributed by atoms with Gasteiger partial charge < -0.3 is 29.9 Å². The Kier molecular flexibility index (Phi) is 6.98. The highest BCUT2D eigenvalue weighted by Crippen LogP contribution is 2.64. The van der Waals surface area contributed by atoms with E-state index in [0.29, 0.717) is 0 Å². The first kappa shape index (κ1) is 28.2. The summed E-state index contributed by atoms with van der Waals surface area (Å²) in [5, 5.41) is 46.0. The van der Waals surface area contributed by atoms with Crippen molar-refractivity contribution in [3.63, 3.8) is 0 Å². The zero-order valence-electron chi connectivity index (χ0n) is 22.3. The van der Waals surface area contributed by atoms with Crippen LogP contribution in [0.1, 0.15) is 57.8 Å². The van der Waals surface area contributed by atoms with E-state index >= 15 is 0 Å². The van der Waals surface area contributed by atoms with E-state index in [4.69, 9.17) is 9.47 Å². The van der Waals surface area contributed by atoms with E-state index in [0.717, 1.165) is 0 Å². The van der Waals surface area contributed by atoms with Crippen LogP contribution >= 0.6 is 0 Å². The van der Waals surface area contributed by atoms with Gasteiger partial charge in [0.2, 0.25) is 0 Å². The highest BCUT2D eigenvalue weighted by atomic mass is 16.6. The molecular weight excluding hydrogens is 492 g/mol. The predicted molar refractivity (Wildman–Crippen MR) is 136 cm³/mol. The predicted octanol–water partition coefficient (Wildman–Crippen LogP) is 1.87. The van der Waals surface area contributed by atoms with Crippen molar-refractivity contribution in [3.05, 3.63) is 59.2 Å². The number of ether oxygens (including phenoxy) is 2. The molecule has 0 bridgehead atoms. The van der Waals surface area contributed by atoms with Gasteiger partial charge in [0.1, 0.15) is 18.3 Å². The average Bonchev–Trinajstić information content (AvgIpc) is 3.08. The van der Waals surface area contributed by atoms with E-state index in [-0.39, 0.29) is 40.9 Å². The Morgan fingerprint density at radius 1 is 1.08 bits per heavy atom. The number of aliphatic hydroxyl groups excluding tert-OH is 3. The Hall–Kier alpha value is -2.85. The largest absolute Gasteiger partial charge is 0.461 e. The number of rotatable bonds is 4. The molecule has 2 fully saturated rings. The minimum atomic E-state index is -1.75. The lowest BCUT2D eigenvalue weighted by Gasteiger charge is -2.55. The Morgan fingerprint density at radius 2 is 1.68 bits per heavy atom. The molecule has 0 saturated heterocycles. The molecule has 0 spiro atoms. The van der Waals surface area contributed by atoms with E-state index < -0.39 is 64.8 Å². The van der Waals surface area contributed by atoms with Crippen LogP contribution in [-0.4, -0.2) is 74.3 Å². The van der Waals surface area contributed by atoms with Crippen LogP contribution in [0.15, 0.2) is 53.6 Å². The van der Waals surface area contributed by atoms with E-state index in [1.807, 2.05) is 0 Å². The number of hydrogen-bond acceptors (Lipinski definition) is 9. The summed E-state index contributed by atoms with van der Waals surface area (Å²) < 4.78 is 11.8. The van der Waals surface area contributed by atoms with Gasteiger partial charge in [-0.05, 0) is 49.6 Å². The molecule has 3 aliphatic carbocycles. The molecule has 0 heterocycles. The monoisotopic (exact) mass is 528 g/mol. The maximum absolute atomic E-state index is 13.3. The van der Waals surface area contributed by atoms with Gasteiger partial charge in [-0.3, -0.25) is 9.59 Å². The number of hydrogen-bond donors (Lipinski definition) is 4. The molecule has 0 aliphatic heterocycles. The lowest BCUT2D eigenvalue weighted by atomic mass is 9.54. The van der Waals surface area contributed by atoms with Crippen molar-refractivity contribution in [2.24, 2.45) is 16.7 Å². The minimum absolute atomic E-state index is 0.0808. The van der Waals surface area contributed by atoms with Crippen molar-refractivity contribution in [2.45, 2.75) is 83.6 Å². The van der Waals surface area contributed by atoms with Crippen molar-refractivity contribution < 1.29 is 44.3 Å². The lowest BCUT2D eigenvalue weighted by Crippen LogP contribution is -2.63. The third kappa shape index (κ3) is 3.95. The molecule has 0 aromatic heterocycles. The van der Waals surface area contributed by atoms with Crippen LogP contribution in [0.2, 0.25) is 0 Å². The number of carbonyl (C=O) groups excluding carboxylic acids is 3. The molecule has 0 unspecified atom stereocenters. The summed E-state index contributed by atoms with van der Waals surface area (Å²) in [6.45, 7) is 11.2. The summed E-state index contributed by atoms with van der Waals surface area (Å²) in [5.74, 6) is -3.00. The molecule has 1 aromatic carbocycles. The summed E-state index contributed by atoms with van der Waals surface area (Å²) in [7, 11) is 0. The van der Waals surface area contributed by atoms with E-state index in [1.54, 1.807) is 25.1 Å². The molecule has 0 radical (unpaired) electrons. The van der Waals surface area contributed by atoms with Gasteiger partial charge in [0.15, 0.2) is 5.78 Å². The summed E-state index contributed by atoms with van der Waals surface area (Å²) in [4.78, 5) is 39.1. The Labute approximate surface area is 221 Å². The summed E-state index contributed by atoms with van der Waals surface area (Å²) >= 11 is 0. The quantitative estimate of drug-likeness (QED) is 0.339. The first-order valence-electron chi connectivity index (χ1n) is 12.7. The number of allylic oxidation sites excluding steroid dienone is 1. The molecule has 3 aliphatic rings. The van der Waals surface area contributed by atoms with Gasteiger partial charge in [0.25, 0.3) is 0 Å². The summed E-state index contributed by atoms with van der Waals surface area (Å²) in [6, 6.07) is 8.10. The number of aliphatic hydroxyl groups is 4. The molecule has 9 heteroatoms. The molecule has 4 N–H and O–H groups in total. The molecule has 206 valence electrons. The van der Waals surface area contributed by atoms with Gasteiger partial charge in [0, 0.05) is 31.1 Å². The maximum Gasteiger partial charge on any atom is 0.338 e. The second-order valence-corrected chi connectivity index (χ2v) is 11.5. The molecule has 1 aromatic rings. The van der Waals surface area contributed by atoms with Crippen molar-refractivity contribution in [1.29, 1.82) is 0 Å². The molecule has 2 saturated carbocycles. The Balaban J connectivity index is 2.05. The first-order valence-corrected chi connectivity index (χ1v) is 12.7. The first-order chi connectivity index (χ1) is 17.6. The number of carbonyl (C=O) groups is 3. The van der Waals surface area contributed by atoms with E-state index in [2.05, 4.69) is 6.58 Å². The van der Waals surface area contributed by atoms with Gasteiger partial charge >= 0.3 is 11.9 Å². The van der Waals surface area contributed by atoms with Crippen molar-refractivity contribution >= 4 is 17.7 Å². The van der Waals surface area contributed by atoms with Crippen molar-refractivity contribution in [1.82, 2.24) is 0 Å². The standard InChI is InChI=1S/C29H36O9/c1-14-18(31)12-20(33)28(6)22(14)24(37-16(3)30)29(27(4,5)36)13-19(32)15(2)21(29)23(34)25(28)38-26(35)17-10-8-7-9-11-17/h7-11,18,20,22-25,31,33-34,36H,1,12-13H2,2-6H3/t18-,20-,22-,23+,24-,25-,28+,29-/m0/s1. The van der Waals surface area contributed by atoms with Crippen LogP contribution in [0.25, 0.3) is 0 Å². The minimum Gasteiger partial charge on any atom is -0.461 e. The van der Waals surface area contributed by atoms with Gasteiger partial charge in [-0.25, -0.2) is 4.79 Å². The van der Waals surface area contributed by atoms with Crippen molar-refractivity contribution in [2.75, 3.05) is 0 Å². The third-order valence-corrected chi connectivity index (χ3v) is 9.02. The molecule has 38 heavy (non-hydrogen) atoms. The number of fused-ring (bicyclic) bond motifs is 2. The zero-order valence-corrected chi connectivity index (χ0v) is 22.3. The van der Waals surface area contributed by atoms with Gasteiger partial charge in [-0.15, -0.1) is 0 Å². The highest BCUT2D eigenvalue weighted by Gasteiger charge is 2.72. The maximum atomic E-state index is 13.3. The van der Waals surface area contributed by atoms with Crippen LogP contribution in [0.5, 0.6) is 0 Å². The lowest BCUT2D eigenvalue weighted by molar-refractivity contribution is -0.197. The Bertz CT molecular complexity index is 1200. The number of esters is 2. The van der Waals surface area contributed by atoms with Gasteiger partial charge in [-0.1, -0.05) is 31.7 Å². The molecule has 4 rings (SSSR count). The second kappa shape index (κ2) is 9.41. The van der Waals surface area contributed by atoms with Gasteiger partial charge in [-0.2, -0.15) is 0 Å². The van der Waals surface area contributed by atoms with Crippen molar-refractivity contribution in [3.8, 4) is 0 Å². The normalized spacial score (nSPS) is 37.3.